The molecule has 1 aliphatic heterocycles. The lowest BCUT2D eigenvalue weighted by atomic mass is 10.3. The Morgan fingerprint density at radius 3 is 2.68 bits per heavy atom. The quantitative estimate of drug-likeness (QED) is 0.719. The van der Waals surface area contributed by atoms with Crippen molar-refractivity contribution in [1.29, 1.82) is 0 Å². The lowest BCUT2D eigenvalue weighted by molar-refractivity contribution is -0.135. The number of aromatic nitrogens is 2. The first-order valence-electron chi connectivity index (χ1n) is 5.79. The molecule has 1 aromatic heterocycles. The topological polar surface area (TPSA) is 104 Å². The highest BCUT2D eigenvalue weighted by Gasteiger charge is 2.29. The first-order valence-corrected chi connectivity index (χ1v) is 6.61. The Kier molecular flexibility index (Phi) is 4.05. The maximum atomic E-state index is 12.1. The van der Waals surface area contributed by atoms with Gasteiger partial charge in [-0.1, -0.05) is 18.3 Å². The number of carbonyl (C=O) groups is 3. The van der Waals surface area contributed by atoms with Crippen molar-refractivity contribution in [3.63, 3.8) is 0 Å². The molecule has 0 unspecified atom stereocenters. The Morgan fingerprint density at radius 1 is 1.37 bits per heavy atom. The molecule has 1 aromatic rings. The normalized spacial score (nSPS) is 15.3. The van der Waals surface area contributed by atoms with Crippen molar-refractivity contribution < 1.29 is 14.4 Å². The fourth-order valence-corrected chi connectivity index (χ4v) is 2.27. The van der Waals surface area contributed by atoms with Gasteiger partial charge in [0, 0.05) is 6.54 Å². The van der Waals surface area contributed by atoms with Crippen molar-refractivity contribution in [2.24, 2.45) is 0 Å². The van der Waals surface area contributed by atoms with Crippen LogP contribution in [0.2, 0.25) is 0 Å². The third-order valence-electron chi connectivity index (χ3n) is 2.37. The van der Waals surface area contributed by atoms with Gasteiger partial charge in [-0.2, -0.15) is 0 Å². The van der Waals surface area contributed by atoms with Crippen LogP contribution in [-0.4, -0.2) is 52.5 Å². The van der Waals surface area contributed by atoms with Gasteiger partial charge in [0.15, 0.2) is 0 Å². The molecule has 0 aromatic carbocycles. The molecule has 3 amide bonds. The van der Waals surface area contributed by atoms with Crippen LogP contribution in [0.3, 0.4) is 0 Å². The Morgan fingerprint density at radius 2 is 2.05 bits per heavy atom. The van der Waals surface area contributed by atoms with Crippen LogP contribution in [-0.2, 0) is 9.59 Å². The summed E-state index contributed by atoms with van der Waals surface area (Å²) in [7, 11) is 0. The molecule has 0 atom stereocenters. The molecule has 2 rings (SSSR count). The third-order valence-corrected chi connectivity index (χ3v) is 3.24. The highest BCUT2D eigenvalue weighted by atomic mass is 32.1. The van der Waals surface area contributed by atoms with Crippen molar-refractivity contribution in [2.45, 2.75) is 13.3 Å². The summed E-state index contributed by atoms with van der Waals surface area (Å²) in [6.45, 7) is 2.48. The number of carbonyl (C=O) groups excluding carboxylic acids is 3. The number of anilines is 1. The highest BCUT2D eigenvalue weighted by molar-refractivity contribution is 7.17. The fourth-order valence-electron chi connectivity index (χ4n) is 1.53. The molecule has 0 aliphatic carbocycles. The molecule has 0 saturated carbocycles. The van der Waals surface area contributed by atoms with Crippen LogP contribution in [0.5, 0.6) is 0 Å². The lowest BCUT2D eigenvalue weighted by Gasteiger charge is -2.24. The van der Waals surface area contributed by atoms with E-state index in [0.717, 1.165) is 29.2 Å². The Hall–Kier alpha value is -2.03. The number of hydrogen-bond acceptors (Lipinski definition) is 7. The molecule has 1 fully saturated rings. The minimum absolute atomic E-state index is 0.137. The molecule has 2 N–H and O–H groups in total. The molecule has 102 valence electrons. The van der Waals surface area contributed by atoms with E-state index in [1.165, 1.54) is 0 Å². The number of rotatable bonds is 4. The van der Waals surface area contributed by atoms with Gasteiger partial charge in [0.2, 0.25) is 22.0 Å². The van der Waals surface area contributed by atoms with Gasteiger partial charge in [0.1, 0.15) is 13.1 Å². The minimum atomic E-state index is -0.488. The number of imide groups is 1. The average Bonchev–Trinajstić information content (AvgIpc) is 2.83. The second-order valence-corrected chi connectivity index (χ2v) is 4.95. The third kappa shape index (κ3) is 3.25. The SMILES string of the molecule is CCCNc1nnc(C(=O)N2CC(=O)NC(=O)C2)s1. The van der Waals surface area contributed by atoms with E-state index in [2.05, 4.69) is 20.8 Å². The van der Waals surface area contributed by atoms with Crippen molar-refractivity contribution in [1.82, 2.24) is 20.4 Å². The van der Waals surface area contributed by atoms with E-state index in [9.17, 15) is 14.4 Å². The molecule has 0 spiro atoms. The van der Waals surface area contributed by atoms with E-state index in [1.807, 2.05) is 6.92 Å². The second kappa shape index (κ2) is 5.74. The molecular formula is C10H13N5O3S. The number of nitrogens with one attached hydrogen (secondary N) is 2. The van der Waals surface area contributed by atoms with Crippen LogP contribution in [0.15, 0.2) is 0 Å². The first kappa shape index (κ1) is 13.4. The molecule has 1 aliphatic rings. The maximum Gasteiger partial charge on any atom is 0.285 e. The zero-order valence-electron chi connectivity index (χ0n) is 10.3. The molecule has 9 heteroatoms. The Labute approximate surface area is 113 Å². The molecule has 19 heavy (non-hydrogen) atoms. The van der Waals surface area contributed by atoms with Crippen molar-refractivity contribution >= 4 is 34.2 Å². The molecular weight excluding hydrogens is 270 g/mol. The van der Waals surface area contributed by atoms with E-state index >= 15 is 0 Å². The maximum absolute atomic E-state index is 12.1. The molecule has 8 nitrogen and oxygen atoms in total. The van der Waals surface area contributed by atoms with E-state index in [0.29, 0.717) is 5.13 Å². The second-order valence-electron chi connectivity index (χ2n) is 3.97. The largest absolute Gasteiger partial charge is 0.360 e. The van der Waals surface area contributed by atoms with Crippen LogP contribution in [0.1, 0.15) is 23.1 Å². The van der Waals surface area contributed by atoms with Crippen molar-refractivity contribution in [3.8, 4) is 0 Å². The molecule has 1 saturated heterocycles. The number of amides is 3. The molecule has 2 heterocycles. The van der Waals surface area contributed by atoms with Crippen LogP contribution in [0, 0.1) is 0 Å². The van der Waals surface area contributed by atoms with Crippen LogP contribution < -0.4 is 10.6 Å². The summed E-state index contributed by atoms with van der Waals surface area (Å²) in [4.78, 5) is 35.6. The van der Waals surface area contributed by atoms with Gasteiger partial charge in [0.05, 0.1) is 0 Å². The Bertz CT molecular complexity index is 499. The smallest absolute Gasteiger partial charge is 0.285 e. The van der Waals surface area contributed by atoms with Gasteiger partial charge in [-0.25, -0.2) is 0 Å². The number of piperazine rings is 1. The highest BCUT2D eigenvalue weighted by Crippen LogP contribution is 2.17. The van der Waals surface area contributed by atoms with Gasteiger partial charge in [-0.3, -0.25) is 19.7 Å². The summed E-state index contributed by atoms with van der Waals surface area (Å²) in [5, 5.41) is 13.5. The molecule has 0 bridgehead atoms. The predicted octanol–water partition coefficient (Wildman–Crippen LogP) is -0.541. The number of hydrogen-bond donors (Lipinski definition) is 2. The van der Waals surface area contributed by atoms with Gasteiger partial charge in [0.25, 0.3) is 5.91 Å². The van der Waals surface area contributed by atoms with Crippen LogP contribution >= 0.6 is 11.3 Å². The van der Waals surface area contributed by atoms with E-state index in [1.54, 1.807) is 0 Å². The van der Waals surface area contributed by atoms with Gasteiger partial charge < -0.3 is 10.2 Å². The first-order chi connectivity index (χ1) is 9.10. The van der Waals surface area contributed by atoms with E-state index < -0.39 is 17.7 Å². The standard InChI is InChI=1S/C10H13N5O3S/c1-2-3-11-10-14-13-8(19-10)9(18)15-4-6(16)12-7(17)5-15/h2-5H2,1H3,(H,11,14)(H,12,16,17). The summed E-state index contributed by atoms with van der Waals surface area (Å²) >= 11 is 1.11. The van der Waals surface area contributed by atoms with E-state index in [-0.39, 0.29) is 18.1 Å². The van der Waals surface area contributed by atoms with Crippen molar-refractivity contribution in [3.05, 3.63) is 5.01 Å². The van der Waals surface area contributed by atoms with Crippen LogP contribution in [0.25, 0.3) is 0 Å². The molecule has 0 radical (unpaired) electrons. The summed E-state index contributed by atoms with van der Waals surface area (Å²) in [5.74, 6) is -1.43. The van der Waals surface area contributed by atoms with Crippen LogP contribution in [0.4, 0.5) is 5.13 Å². The fraction of sp³-hybridized carbons (Fsp3) is 0.500. The summed E-state index contributed by atoms with van der Waals surface area (Å²) in [6, 6.07) is 0. The van der Waals surface area contributed by atoms with Crippen molar-refractivity contribution in [2.75, 3.05) is 25.0 Å². The summed E-state index contributed by atoms with van der Waals surface area (Å²) in [6.07, 6.45) is 0.934. The number of nitrogens with zero attached hydrogens (tertiary/aromatic N) is 3. The zero-order chi connectivity index (χ0) is 13.8. The van der Waals surface area contributed by atoms with Gasteiger partial charge in [-0.05, 0) is 6.42 Å². The van der Waals surface area contributed by atoms with E-state index in [4.69, 9.17) is 0 Å². The Balaban J connectivity index is 2.04. The zero-order valence-corrected chi connectivity index (χ0v) is 11.1. The average molecular weight is 283 g/mol. The predicted molar refractivity (Wildman–Crippen MR) is 67.7 cm³/mol. The monoisotopic (exact) mass is 283 g/mol. The minimum Gasteiger partial charge on any atom is -0.360 e. The summed E-state index contributed by atoms with van der Waals surface area (Å²) in [5.41, 5.74) is 0. The summed E-state index contributed by atoms with van der Waals surface area (Å²) < 4.78 is 0. The van der Waals surface area contributed by atoms with Gasteiger partial charge in [-0.15, -0.1) is 10.2 Å². The van der Waals surface area contributed by atoms with Gasteiger partial charge >= 0.3 is 0 Å². The lowest BCUT2D eigenvalue weighted by Crippen LogP contribution is -2.53.